The van der Waals surface area contributed by atoms with Crippen LogP contribution in [-0.4, -0.2) is 19.6 Å². The molecule has 2 nitrogen and oxygen atoms in total. The van der Waals surface area contributed by atoms with Gasteiger partial charge in [0.05, 0.1) is 0 Å². The van der Waals surface area contributed by atoms with E-state index in [1.807, 2.05) is 0 Å². The molecule has 2 heteroatoms. The summed E-state index contributed by atoms with van der Waals surface area (Å²) in [7, 11) is 0. The molecule has 0 spiro atoms. The third-order valence-electron chi connectivity index (χ3n) is 4.53. The van der Waals surface area contributed by atoms with Gasteiger partial charge in [0.2, 0.25) is 0 Å². The number of hydrogen-bond donors (Lipinski definition) is 1. The number of rotatable bonds is 3. The molecule has 20 heavy (non-hydrogen) atoms. The van der Waals surface area contributed by atoms with Crippen molar-refractivity contribution in [1.82, 2.24) is 0 Å². The Morgan fingerprint density at radius 3 is 2.95 bits per heavy atom. The van der Waals surface area contributed by atoms with Gasteiger partial charge in [-0.2, -0.15) is 0 Å². The van der Waals surface area contributed by atoms with Crippen LogP contribution in [-0.2, 0) is 19.3 Å². The molecule has 0 atom stereocenters. The molecule has 0 unspecified atom stereocenters. The van der Waals surface area contributed by atoms with Crippen LogP contribution in [0, 0.1) is 0 Å². The summed E-state index contributed by atoms with van der Waals surface area (Å²) in [5.41, 5.74) is 7.24. The normalized spacial score (nSPS) is 15.9. The number of nitrogens with zero attached hydrogens (tertiary/aromatic N) is 1. The van der Waals surface area contributed by atoms with Crippen molar-refractivity contribution in [3.8, 4) is 0 Å². The summed E-state index contributed by atoms with van der Waals surface area (Å²) < 4.78 is 0. The summed E-state index contributed by atoms with van der Waals surface area (Å²) in [5.74, 6) is 0. The van der Waals surface area contributed by atoms with Crippen LogP contribution in [0.15, 0.2) is 42.5 Å². The van der Waals surface area contributed by atoms with Crippen molar-refractivity contribution < 1.29 is 0 Å². The zero-order valence-electron chi connectivity index (χ0n) is 11.7. The second kappa shape index (κ2) is 4.86. The molecule has 1 N–H and O–H groups in total. The van der Waals surface area contributed by atoms with E-state index in [4.69, 9.17) is 0 Å². The molecule has 2 heterocycles. The summed E-state index contributed by atoms with van der Waals surface area (Å²) in [6.45, 7) is 3.40. The van der Waals surface area contributed by atoms with Crippen molar-refractivity contribution in [1.29, 1.82) is 0 Å². The largest absolute Gasteiger partial charge is 0.384 e. The number of para-hydroxylation sites is 1. The molecule has 0 aromatic heterocycles. The lowest BCUT2D eigenvalue weighted by atomic mass is 10.1. The Morgan fingerprint density at radius 1 is 1.00 bits per heavy atom. The third-order valence-corrected chi connectivity index (χ3v) is 4.53. The van der Waals surface area contributed by atoms with Gasteiger partial charge in [0, 0.05) is 31.0 Å². The minimum atomic E-state index is 1.10. The molecular weight excluding hydrogens is 244 g/mol. The number of benzene rings is 2. The highest BCUT2D eigenvalue weighted by molar-refractivity contribution is 5.58. The van der Waals surface area contributed by atoms with E-state index in [-0.39, 0.29) is 0 Å². The number of hydrogen-bond acceptors (Lipinski definition) is 2. The molecule has 0 saturated heterocycles. The van der Waals surface area contributed by atoms with Crippen LogP contribution < -0.4 is 10.2 Å². The highest BCUT2D eigenvalue weighted by Crippen LogP contribution is 2.28. The summed E-state index contributed by atoms with van der Waals surface area (Å²) in [6, 6.07) is 15.7. The van der Waals surface area contributed by atoms with Crippen molar-refractivity contribution in [2.75, 3.05) is 29.9 Å². The van der Waals surface area contributed by atoms with E-state index in [1.165, 1.54) is 47.5 Å². The van der Waals surface area contributed by atoms with Gasteiger partial charge < -0.3 is 10.2 Å². The van der Waals surface area contributed by atoms with Crippen LogP contribution in [0.5, 0.6) is 0 Å². The van der Waals surface area contributed by atoms with Gasteiger partial charge in [-0.1, -0.05) is 30.3 Å². The SMILES string of the molecule is c1ccc2c(c1)CCN2CCc1ccc2c(c1)CCN2. The van der Waals surface area contributed by atoms with Crippen LogP contribution in [0.4, 0.5) is 11.4 Å². The Bertz CT molecular complexity index is 633. The van der Waals surface area contributed by atoms with E-state index < -0.39 is 0 Å². The predicted octanol–water partition coefficient (Wildman–Crippen LogP) is 3.26. The predicted molar refractivity (Wildman–Crippen MR) is 84.7 cm³/mol. The van der Waals surface area contributed by atoms with E-state index in [0.717, 1.165) is 19.5 Å². The summed E-state index contributed by atoms with van der Waals surface area (Å²) >= 11 is 0. The van der Waals surface area contributed by atoms with E-state index in [0.29, 0.717) is 0 Å². The second-order valence-corrected chi connectivity index (χ2v) is 5.78. The Balaban J connectivity index is 1.46. The van der Waals surface area contributed by atoms with Crippen LogP contribution in [0.3, 0.4) is 0 Å². The molecule has 2 aromatic carbocycles. The maximum absolute atomic E-state index is 3.43. The molecule has 102 valence electrons. The Hall–Kier alpha value is -1.96. The molecular formula is C18H20N2. The summed E-state index contributed by atoms with van der Waals surface area (Å²) in [6.07, 6.45) is 3.52. The minimum absolute atomic E-state index is 1.10. The standard InChI is InChI=1S/C18H20N2/c1-2-4-18-15(3-1)9-12-20(18)11-8-14-5-6-17-16(13-14)7-10-19-17/h1-6,13,19H,7-12H2. The maximum atomic E-state index is 3.43. The topological polar surface area (TPSA) is 15.3 Å². The first-order chi connectivity index (χ1) is 9.90. The minimum Gasteiger partial charge on any atom is -0.384 e. The quantitative estimate of drug-likeness (QED) is 0.915. The van der Waals surface area contributed by atoms with Gasteiger partial charge in [-0.15, -0.1) is 0 Å². The first-order valence-corrected chi connectivity index (χ1v) is 7.59. The van der Waals surface area contributed by atoms with Crippen molar-refractivity contribution in [2.24, 2.45) is 0 Å². The molecule has 0 fully saturated rings. The number of anilines is 2. The fourth-order valence-corrected chi connectivity index (χ4v) is 3.42. The Labute approximate surface area is 120 Å². The van der Waals surface area contributed by atoms with Gasteiger partial charge in [-0.3, -0.25) is 0 Å². The average molecular weight is 264 g/mol. The van der Waals surface area contributed by atoms with Crippen molar-refractivity contribution in [2.45, 2.75) is 19.3 Å². The van der Waals surface area contributed by atoms with Crippen molar-refractivity contribution in [3.05, 3.63) is 59.2 Å². The maximum Gasteiger partial charge on any atom is 0.0399 e. The molecule has 0 radical (unpaired) electrons. The van der Waals surface area contributed by atoms with Crippen LogP contribution >= 0.6 is 0 Å². The third kappa shape index (κ3) is 2.05. The van der Waals surface area contributed by atoms with Gasteiger partial charge >= 0.3 is 0 Å². The molecule has 0 bridgehead atoms. The van der Waals surface area contributed by atoms with Crippen molar-refractivity contribution in [3.63, 3.8) is 0 Å². The van der Waals surface area contributed by atoms with E-state index in [1.54, 1.807) is 0 Å². The summed E-state index contributed by atoms with van der Waals surface area (Å²) in [5, 5.41) is 3.43. The van der Waals surface area contributed by atoms with Gasteiger partial charge in [-0.25, -0.2) is 0 Å². The van der Waals surface area contributed by atoms with E-state index in [2.05, 4.69) is 52.7 Å². The molecule has 0 saturated carbocycles. The van der Waals surface area contributed by atoms with Crippen molar-refractivity contribution >= 4 is 11.4 Å². The smallest absolute Gasteiger partial charge is 0.0399 e. The first-order valence-electron chi connectivity index (χ1n) is 7.59. The van der Waals surface area contributed by atoms with Crippen LogP contribution in [0.1, 0.15) is 16.7 Å². The highest BCUT2D eigenvalue weighted by Gasteiger charge is 2.18. The Morgan fingerprint density at radius 2 is 1.95 bits per heavy atom. The van der Waals surface area contributed by atoms with Crippen LogP contribution in [0.25, 0.3) is 0 Å². The van der Waals surface area contributed by atoms with Gasteiger partial charge in [0.25, 0.3) is 0 Å². The second-order valence-electron chi connectivity index (χ2n) is 5.78. The molecule has 2 aromatic rings. The van der Waals surface area contributed by atoms with Gasteiger partial charge in [0.15, 0.2) is 0 Å². The van der Waals surface area contributed by atoms with E-state index >= 15 is 0 Å². The highest BCUT2D eigenvalue weighted by atomic mass is 15.1. The fraction of sp³-hybridized carbons (Fsp3) is 0.333. The monoisotopic (exact) mass is 264 g/mol. The zero-order chi connectivity index (χ0) is 13.4. The molecule has 4 rings (SSSR count). The van der Waals surface area contributed by atoms with E-state index in [9.17, 15) is 0 Å². The Kier molecular flexibility index (Phi) is 2.87. The van der Waals surface area contributed by atoms with Gasteiger partial charge in [0.1, 0.15) is 0 Å². The lowest BCUT2D eigenvalue weighted by Crippen LogP contribution is -2.23. The lowest BCUT2D eigenvalue weighted by Gasteiger charge is -2.19. The molecule has 2 aliphatic heterocycles. The summed E-state index contributed by atoms with van der Waals surface area (Å²) in [4.78, 5) is 2.53. The lowest BCUT2D eigenvalue weighted by molar-refractivity contribution is 0.813. The number of fused-ring (bicyclic) bond motifs is 2. The van der Waals surface area contributed by atoms with Crippen LogP contribution in [0.2, 0.25) is 0 Å². The molecule has 0 aliphatic carbocycles. The fourth-order valence-electron chi connectivity index (χ4n) is 3.42. The molecule has 0 amide bonds. The molecule has 2 aliphatic rings. The average Bonchev–Trinajstić information content (AvgIpc) is 3.11. The zero-order valence-corrected chi connectivity index (χ0v) is 11.7. The van der Waals surface area contributed by atoms with Gasteiger partial charge in [-0.05, 0) is 48.1 Å². The first kappa shape index (κ1) is 11.8. The number of nitrogens with one attached hydrogen (secondary N) is 1.